The molecule has 0 bridgehead atoms. The van der Waals surface area contributed by atoms with Crippen molar-refractivity contribution in [1.29, 1.82) is 0 Å². The zero-order valence-electron chi connectivity index (χ0n) is 18.0. The van der Waals surface area contributed by atoms with E-state index < -0.39 is 10.0 Å². The Morgan fingerprint density at radius 3 is 2.55 bits per heavy atom. The summed E-state index contributed by atoms with van der Waals surface area (Å²) in [5.41, 5.74) is 0.626. The van der Waals surface area contributed by atoms with Gasteiger partial charge >= 0.3 is 0 Å². The predicted octanol–water partition coefficient (Wildman–Crippen LogP) is 2.70. The first kappa shape index (κ1) is 21.9. The minimum atomic E-state index is -3.54. The van der Waals surface area contributed by atoms with Crippen LogP contribution in [0.3, 0.4) is 0 Å². The van der Waals surface area contributed by atoms with Crippen LogP contribution in [0.25, 0.3) is 0 Å². The van der Waals surface area contributed by atoms with Crippen molar-refractivity contribution in [3.05, 3.63) is 47.9 Å². The van der Waals surface area contributed by atoms with Crippen molar-refractivity contribution in [2.75, 3.05) is 31.5 Å². The standard InChI is InChI=1S/C22H30N4O4S/c1-3-25(4-2)15-17-9-10-19(30-17)22(27)26-13-11-16(12-14-26)21-23-18-7-5-6-8-20(18)31(28,29)24-21/h5-10,16,21,23-24H,3-4,11-15H2,1-2H3. The first-order valence-corrected chi connectivity index (χ1v) is 12.4. The summed E-state index contributed by atoms with van der Waals surface area (Å²) in [6.07, 6.45) is 1.05. The molecule has 0 aliphatic carbocycles. The Morgan fingerprint density at radius 2 is 1.84 bits per heavy atom. The van der Waals surface area contributed by atoms with E-state index in [4.69, 9.17) is 4.42 Å². The molecule has 1 saturated heterocycles. The highest BCUT2D eigenvalue weighted by Crippen LogP contribution is 2.31. The van der Waals surface area contributed by atoms with Crippen molar-refractivity contribution in [2.24, 2.45) is 5.92 Å². The number of para-hydroxylation sites is 1. The van der Waals surface area contributed by atoms with Crippen LogP contribution in [0.15, 0.2) is 45.7 Å². The van der Waals surface area contributed by atoms with Gasteiger partial charge in [-0.15, -0.1) is 0 Å². The number of nitrogens with one attached hydrogen (secondary N) is 2. The molecule has 1 aromatic carbocycles. The topological polar surface area (TPSA) is 94.9 Å². The molecule has 1 fully saturated rings. The molecule has 0 radical (unpaired) electrons. The number of amides is 1. The first-order chi connectivity index (χ1) is 14.9. The monoisotopic (exact) mass is 446 g/mol. The molecular formula is C22H30N4O4S. The summed E-state index contributed by atoms with van der Waals surface area (Å²) < 4.78 is 33.7. The Kier molecular flexibility index (Phi) is 6.36. The number of sulfonamides is 1. The highest BCUT2D eigenvalue weighted by Gasteiger charge is 2.36. The van der Waals surface area contributed by atoms with Gasteiger partial charge in [-0.05, 0) is 56.1 Å². The Balaban J connectivity index is 1.36. The molecule has 3 heterocycles. The summed E-state index contributed by atoms with van der Waals surface area (Å²) in [5.74, 6) is 1.15. The van der Waals surface area contributed by atoms with E-state index in [-0.39, 0.29) is 22.9 Å². The second kappa shape index (κ2) is 9.02. The molecule has 1 atom stereocenters. The lowest BCUT2D eigenvalue weighted by Crippen LogP contribution is -2.52. The number of piperidine rings is 1. The number of carbonyl (C=O) groups excluding carboxylic acids is 1. The molecular weight excluding hydrogens is 416 g/mol. The number of fused-ring (bicyclic) bond motifs is 1. The van der Waals surface area contributed by atoms with E-state index in [1.807, 2.05) is 12.1 Å². The molecule has 4 rings (SSSR count). The van der Waals surface area contributed by atoms with Crippen LogP contribution in [0.1, 0.15) is 43.0 Å². The average Bonchev–Trinajstić information content (AvgIpc) is 3.25. The number of rotatable bonds is 6. The van der Waals surface area contributed by atoms with E-state index in [1.165, 1.54) is 0 Å². The maximum Gasteiger partial charge on any atom is 0.289 e. The molecule has 1 aromatic heterocycles. The fourth-order valence-electron chi connectivity index (χ4n) is 4.30. The van der Waals surface area contributed by atoms with Crippen LogP contribution in [0.4, 0.5) is 5.69 Å². The summed E-state index contributed by atoms with van der Waals surface area (Å²) in [7, 11) is -3.54. The Morgan fingerprint density at radius 1 is 1.13 bits per heavy atom. The van der Waals surface area contributed by atoms with Gasteiger partial charge in [-0.2, -0.15) is 4.72 Å². The van der Waals surface area contributed by atoms with Crippen molar-refractivity contribution in [3.63, 3.8) is 0 Å². The molecule has 0 saturated carbocycles. The van der Waals surface area contributed by atoms with Gasteiger partial charge in [0.05, 0.1) is 18.4 Å². The second-order valence-corrected chi connectivity index (χ2v) is 9.78. The third kappa shape index (κ3) is 4.63. The molecule has 2 aliphatic rings. The zero-order chi connectivity index (χ0) is 22.0. The molecule has 2 aliphatic heterocycles. The first-order valence-electron chi connectivity index (χ1n) is 10.9. The minimum absolute atomic E-state index is 0.0991. The van der Waals surface area contributed by atoms with Crippen LogP contribution in [-0.2, 0) is 16.6 Å². The van der Waals surface area contributed by atoms with Gasteiger partial charge in [-0.25, -0.2) is 8.42 Å². The van der Waals surface area contributed by atoms with E-state index in [1.54, 1.807) is 29.2 Å². The van der Waals surface area contributed by atoms with Crippen LogP contribution in [0.2, 0.25) is 0 Å². The fourth-order valence-corrected chi connectivity index (χ4v) is 5.69. The van der Waals surface area contributed by atoms with Crippen LogP contribution < -0.4 is 10.0 Å². The van der Waals surface area contributed by atoms with Crippen molar-refractivity contribution < 1.29 is 17.6 Å². The number of anilines is 1. The molecule has 2 aromatic rings. The van der Waals surface area contributed by atoms with Crippen LogP contribution in [0, 0.1) is 5.92 Å². The summed E-state index contributed by atoms with van der Waals surface area (Å²) in [6, 6.07) is 10.5. The summed E-state index contributed by atoms with van der Waals surface area (Å²) in [4.78, 5) is 17.2. The van der Waals surface area contributed by atoms with E-state index >= 15 is 0 Å². The molecule has 1 unspecified atom stereocenters. The maximum atomic E-state index is 12.9. The summed E-state index contributed by atoms with van der Waals surface area (Å²) in [5, 5.41) is 3.31. The molecule has 0 spiro atoms. The van der Waals surface area contributed by atoms with E-state index in [9.17, 15) is 13.2 Å². The van der Waals surface area contributed by atoms with Gasteiger partial charge < -0.3 is 14.6 Å². The van der Waals surface area contributed by atoms with Gasteiger partial charge in [0.1, 0.15) is 10.7 Å². The Bertz CT molecular complexity index is 1020. The fraction of sp³-hybridized carbons (Fsp3) is 0.500. The number of nitrogens with zero attached hydrogens (tertiary/aromatic N) is 2. The number of carbonyl (C=O) groups is 1. The normalized spacial score (nSPS) is 21.0. The molecule has 1 amide bonds. The second-order valence-electron chi connectivity index (χ2n) is 8.10. The van der Waals surface area contributed by atoms with Gasteiger partial charge in [0.15, 0.2) is 5.76 Å². The maximum absolute atomic E-state index is 12.9. The predicted molar refractivity (Wildman–Crippen MR) is 118 cm³/mol. The molecule has 9 heteroatoms. The van der Waals surface area contributed by atoms with Crippen LogP contribution in [-0.4, -0.2) is 56.5 Å². The van der Waals surface area contributed by atoms with Gasteiger partial charge in [0.25, 0.3) is 5.91 Å². The van der Waals surface area contributed by atoms with Crippen LogP contribution in [0.5, 0.6) is 0 Å². The molecule has 31 heavy (non-hydrogen) atoms. The van der Waals surface area contributed by atoms with Crippen molar-refractivity contribution in [3.8, 4) is 0 Å². The lowest BCUT2D eigenvalue weighted by atomic mass is 9.93. The quantitative estimate of drug-likeness (QED) is 0.709. The van der Waals surface area contributed by atoms with Crippen LogP contribution >= 0.6 is 0 Å². The van der Waals surface area contributed by atoms with E-state index in [0.29, 0.717) is 43.9 Å². The van der Waals surface area contributed by atoms with Gasteiger partial charge in [-0.3, -0.25) is 9.69 Å². The van der Waals surface area contributed by atoms with Gasteiger partial charge in [0, 0.05) is 13.1 Å². The Hall–Kier alpha value is -2.36. The van der Waals surface area contributed by atoms with Gasteiger partial charge in [-0.1, -0.05) is 26.0 Å². The SMILES string of the molecule is CCN(CC)Cc1ccc(C(=O)N2CCC(C3Nc4ccccc4S(=O)(=O)N3)CC2)o1. The molecule has 2 N–H and O–H groups in total. The highest BCUT2D eigenvalue weighted by atomic mass is 32.2. The highest BCUT2D eigenvalue weighted by molar-refractivity contribution is 7.89. The third-order valence-corrected chi connectivity index (χ3v) is 7.71. The Labute approximate surface area is 183 Å². The molecule has 8 nitrogen and oxygen atoms in total. The number of furan rings is 1. The minimum Gasteiger partial charge on any atom is -0.455 e. The third-order valence-electron chi connectivity index (χ3n) is 6.21. The molecule has 168 valence electrons. The van der Waals surface area contributed by atoms with E-state index in [2.05, 4.69) is 28.8 Å². The average molecular weight is 447 g/mol. The number of hydrogen-bond acceptors (Lipinski definition) is 6. The van der Waals surface area contributed by atoms with Crippen molar-refractivity contribution in [1.82, 2.24) is 14.5 Å². The van der Waals surface area contributed by atoms with Crippen molar-refractivity contribution in [2.45, 2.75) is 44.3 Å². The van der Waals surface area contributed by atoms with E-state index in [0.717, 1.165) is 18.8 Å². The number of likely N-dealkylation sites (tertiary alicyclic amines) is 1. The lowest BCUT2D eigenvalue weighted by molar-refractivity contribution is 0.0644. The smallest absolute Gasteiger partial charge is 0.289 e. The van der Waals surface area contributed by atoms with Gasteiger partial charge in [0.2, 0.25) is 10.0 Å². The number of benzene rings is 1. The largest absolute Gasteiger partial charge is 0.455 e. The summed E-state index contributed by atoms with van der Waals surface area (Å²) >= 11 is 0. The van der Waals surface area contributed by atoms with Crippen molar-refractivity contribution >= 4 is 21.6 Å². The lowest BCUT2D eigenvalue weighted by Gasteiger charge is -2.38. The summed E-state index contributed by atoms with van der Waals surface area (Å²) in [6.45, 7) is 7.88. The number of hydrogen-bond donors (Lipinski definition) is 2. The zero-order valence-corrected chi connectivity index (χ0v) is 18.8.